The van der Waals surface area contributed by atoms with Crippen LogP contribution in [0.2, 0.25) is 0 Å². The lowest BCUT2D eigenvalue weighted by molar-refractivity contribution is -0.150. The number of ether oxygens (including phenoxy) is 1. The molecule has 146 valence electrons. The van der Waals surface area contributed by atoms with Crippen LogP contribution in [0.3, 0.4) is 0 Å². The fourth-order valence-corrected chi connectivity index (χ4v) is 5.63. The van der Waals surface area contributed by atoms with Crippen LogP contribution < -0.4 is 0 Å². The first-order chi connectivity index (χ1) is 13.5. The summed E-state index contributed by atoms with van der Waals surface area (Å²) in [5, 5.41) is 0. The minimum absolute atomic E-state index is 0.171. The molecule has 3 unspecified atom stereocenters. The summed E-state index contributed by atoms with van der Waals surface area (Å²) >= 11 is 0. The lowest BCUT2D eigenvalue weighted by Crippen LogP contribution is -2.66. The van der Waals surface area contributed by atoms with Crippen molar-refractivity contribution in [1.29, 1.82) is 0 Å². The van der Waals surface area contributed by atoms with Gasteiger partial charge in [0.05, 0.1) is 24.0 Å². The fourth-order valence-electron chi connectivity index (χ4n) is 4.31. The zero-order valence-corrected chi connectivity index (χ0v) is 15.7. The van der Waals surface area contributed by atoms with E-state index in [1.807, 2.05) is 0 Å². The first-order valence-corrected chi connectivity index (χ1v) is 10.3. The van der Waals surface area contributed by atoms with Crippen molar-refractivity contribution in [3.63, 3.8) is 0 Å². The minimum Gasteiger partial charge on any atom is -0.339 e. The molecule has 0 saturated carbocycles. The Labute approximate surface area is 163 Å². The minimum atomic E-state index is -1.49. The molecule has 5 nitrogen and oxygen atoms in total. The van der Waals surface area contributed by atoms with Crippen LogP contribution in [0.4, 0.5) is 8.78 Å². The number of amides is 1. The third kappa shape index (κ3) is 2.62. The SMILES string of the molecule is O=C1N2C(CCC2c2ccccc2F)OC12CN(S(=O)c1ccc(F)cc1)C2. The standard InChI is InChI=1S/C20H18F2N2O3S/c21-13-5-7-14(8-6-13)28(26)23-11-20(12-23)19(25)24-17(9-10-18(24)27-20)15-3-1-2-4-16(15)22/h1-8,17-18H,9-12H2. The molecule has 3 atom stereocenters. The van der Waals surface area contributed by atoms with Crippen molar-refractivity contribution < 1.29 is 22.5 Å². The van der Waals surface area contributed by atoms with Gasteiger partial charge in [-0.15, -0.1) is 0 Å². The number of carbonyl (C=O) groups is 1. The lowest BCUT2D eigenvalue weighted by atomic mass is 9.94. The average Bonchev–Trinajstić information content (AvgIpc) is 3.19. The van der Waals surface area contributed by atoms with Crippen molar-refractivity contribution in [3.8, 4) is 0 Å². The molecule has 3 aliphatic heterocycles. The fraction of sp³-hybridized carbons (Fsp3) is 0.350. The molecule has 5 rings (SSSR count). The van der Waals surface area contributed by atoms with Gasteiger partial charge in [-0.3, -0.25) is 4.79 Å². The number of fused-ring (bicyclic) bond motifs is 1. The topological polar surface area (TPSA) is 49.9 Å². The highest BCUT2D eigenvalue weighted by Crippen LogP contribution is 2.48. The van der Waals surface area contributed by atoms with Crippen molar-refractivity contribution >= 4 is 16.9 Å². The molecule has 0 bridgehead atoms. The Bertz CT molecular complexity index is 962. The first-order valence-electron chi connectivity index (χ1n) is 9.16. The molecule has 8 heteroatoms. The highest BCUT2D eigenvalue weighted by molar-refractivity contribution is 7.82. The first kappa shape index (κ1) is 17.9. The third-order valence-electron chi connectivity index (χ3n) is 5.70. The van der Waals surface area contributed by atoms with E-state index >= 15 is 0 Å². The van der Waals surface area contributed by atoms with Crippen molar-refractivity contribution in [1.82, 2.24) is 9.21 Å². The number of halogens is 2. The lowest BCUT2D eigenvalue weighted by Gasteiger charge is -2.44. The average molecular weight is 404 g/mol. The Balaban J connectivity index is 1.33. The molecule has 2 aromatic carbocycles. The van der Waals surface area contributed by atoms with E-state index in [1.54, 1.807) is 27.4 Å². The van der Waals surface area contributed by atoms with Crippen molar-refractivity contribution in [3.05, 3.63) is 65.7 Å². The highest BCUT2D eigenvalue weighted by atomic mass is 32.2. The monoisotopic (exact) mass is 404 g/mol. The van der Waals surface area contributed by atoms with Crippen molar-refractivity contribution in [2.24, 2.45) is 0 Å². The Morgan fingerprint density at radius 2 is 1.75 bits per heavy atom. The highest BCUT2D eigenvalue weighted by Gasteiger charge is 2.63. The summed E-state index contributed by atoms with van der Waals surface area (Å²) in [7, 11) is -1.49. The van der Waals surface area contributed by atoms with Gasteiger partial charge in [-0.2, -0.15) is 0 Å². The predicted octanol–water partition coefficient (Wildman–Crippen LogP) is 2.76. The van der Waals surface area contributed by atoms with E-state index in [0.717, 1.165) is 0 Å². The molecule has 3 fully saturated rings. The van der Waals surface area contributed by atoms with Crippen LogP contribution in [0, 0.1) is 11.6 Å². The van der Waals surface area contributed by atoms with Crippen molar-refractivity contribution in [2.75, 3.05) is 13.1 Å². The Hall–Kier alpha value is -2.16. The summed E-state index contributed by atoms with van der Waals surface area (Å²) in [6, 6.07) is 11.6. The molecule has 3 saturated heterocycles. The molecule has 3 aliphatic rings. The Morgan fingerprint density at radius 3 is 2.46 bits per heavy atom. The van der Waals surface area contributed by atoms with Gasteiger partial charge in [0.2, 0.25) is 0 Å². The van der Waals surface area contributed by atoms with E-state index in [9.17, 15) is 17.8 Å². The van der Waals surface area contributed by atoms with Gasteiger partial charge in [-0.1, -0.05) is 18.2 Å². The van der Waals surface area contributed by atoms with Gasteiger partial charge < -0.3 is 9.64 Å². The molecule has 3 heterocycles. The van der Waals surface area contributed by atoms with Gasteiger partial charge in [0.15, 0.2) is 5.60 Å². The summed E-state index contributed by atoms with van der Waals surface area (Å²) in [4.78, 5) is 15.3. The number of nitrogens with zero attached hydrogens (tertiary/aromatic N) is 2. The number of carbonyl (C=O) groups excluding carboxylic acids is 1. The van der Waals surface area contributed by atoms with Crippen LogP contribution in [0.5, 0.6) is 0 Å². The molecule has 0 radical (unpaired) electrons. The number of hydrogen-bond donors (Lipinski definition) is 0. The second-order valence-electron chi connectivity index (χ2n) is 7.39. The van der Waals surface area contributed by atoms with E-state index in [2.05, 4.69) is 0 Å². The maximum absolute atomic E-state index is 14.2. The second kappa shape index (κ2) is 6.43. The van der Waals surface area contributed by atoms with E-state index in [1.165, 1.54) is 30.3 Å². The van der Waals surface area contributed by atoms with Gasteiger partial charge in [0.25, 0.3) is 5.91 Å². The second-order valence-corrected chi connectivity index (χ2v) is 8.88. The number of hydrogen-bond acceptors (Lipinski definition) is 3. The third-order valence-corrected chi connectivity index (χ3v) is 7.10. The normalized spacial score (nSPS) is 27.1. The summed E-state index contributed by atoms with van der Waals surface area (Å²) < 4.78 is 47.7. The maximum atomic E-state index is 14.2. The number of benzene rings is 2. The molecule has 0 aromatic heterocycles. The molecular weight excluding hydrogens is 386 g/mol. The molecule has 1 spiro atoms. The molecule has 1 amide bonds. The van der Waals surface area contributed by atoms with Crippen LogP contribution in [-0.4, -0.2) is 44.2 Å². The van der Waals surface area contributed by atoms with Gasteiger partial charge >= 0.3 is 0 Å². The molecule has 28 heavy (non-hydrogen) atoms. The quantitative estimate of drug-likeness (QED) is 0.791. The van der Waals surface area contributed by atoms with Crippen LogP contribution in [0.15, 0.2) is 53.4 Å². The summed E-state index contributed by atoms with van der Waals surface area (Å²) in [6.45, 7) is 0.402. The number of rotatable bonds is 3. The van der Waals surface area contributed by atoms with Crippen LogP contribution in [0.1, 0.15) is 24.4 Å². The Morgan fingerprint density at radius 1 is 1.04 bits per heavy atom. The van der Waals surface area contributed by atoms with E-state index in [-0.39, 0.29) is 37.1 Å². The zero-order chi connectivity index (χ0) is 19.5. The molecule has 2 aromatic rings. The summed E-state index contributed by atoms with van der Waals surface area (Å²) in [5.41, 5.74) is -0.519. The van der Waals surface area contributed by atoms with Crippen molar-refractivity contribution in [2.45, 2.75) is 35.6 Å². The van der Waals surface area contributed by atoms with E-state index < -0.39 is 22.4 Å². The van der Waals surface area contributed by atoms with Gasteiger partial charge in [0.1, 0.15) is 28.8 Å². The Kier molecular flexibility index (Phi) is 4.12. The molecule has 0 N–H and O–H groups in total. The van der Waals surface area contributed by atoms with Crippen LogP contribution in [-0.2, 0) is 20.5 Å². The van der Waals surface area contributed by atoms with E-state index in [0.29, 0.717) is 23.3 Å². The maximum Gasteiger partial charge on any atom is 0.260 e. The van der Waals surface area contributed by atoms with Crippen LogP contribution >= 0.6 is 0 Å². The van der Waals surface area contributed by atoms with Gasteiger partial charge in [-0.25, -0.2) is 17.3 Å². The van der Waals surface area contributed by atoms with Gasteiger partial charge in [0, 0.05) is 5.56 Å². The largest absolute Gasteiger partial charge is 0.339 e. The van der Waals surface area contributed by atoms with Crippen LogP contribution in [0.25, 0.3) is 0 Å². The van der Waals surface area contributed by atoms with Gasteiger partial charge in [-0.05, 0) is 43.2 Å². The summed E-state index contributed by atoms with van der Waals surface area (Å²) in [5.74, 6) is -0.889. The summed E-state index contributed by atoms with van der Waals surface area (Å²) in [6.07, 6.45) is 0.921. The smallest absolute Gasteiger partial charge is 0.260 e. The molecular formula is C20H18F2N2O3S. The zero-order valence-electron chi connectivity index (χ0n) is 14.9. The predicted molar refractivity (Wildman–Crippen MR) is 97.2 cm³/mol. The van der Waals surface area contributed by atoms with E-state index in [4.69, 9.17) is 4.74 Å². The molecule has 0 aliphatic carbocycles.